The number of para-hydroxylation sites is 1. The second-order valence-electron chi connectivity index (χ2n) is 4.95. The fourth-order valence-electron chi connectivity index (χ4n) is 1.95. The number of carbonyl (C=O) groups is 2. The first kappa shape index (κ1) is 18.1. The van der Waals surface area contributed by atoms with Crippen LogP contribution in [-0.4, -0.2) is 18.0 Å². The van der Waals surface area contributed by atoms with Crippen molar-refractivity contribution in [2.45, 2.75) is 19.4 Å². The summed E-state index contributed by atoms with van der Waals surface area (Å²) in [5.41, 5.74) is 0.427. The van der Waals surface area contributed by atoms with Crippen molar-refractivity contribution in [3.05, 3.63) is 58.6 Å². The fraction of sp³-hybridized carbons (Fsp3) is 0.176. The Balaban J connectivity index is 1.96. The maximum atomic E-state index is 12.1. The highest BCUT2D eigenvalue weighted by atomic mass is 35.5. The van der Waals surface area contributed by atoms with Crippen LogP contribution in [0.2, 0.25) is 10.0 Å². The van der Waals surface area contributed by atoms with E-state index in [0.717, 1.165) is 0 Å². The Morgan fingerprint density at radius 1 is 1.08 bits per heavy atom. The molecule has 7 heteroatoms. The van der Waals surface area contributed by atoms with Crippen LogP contribution >= 0.6 is 23.2 Å². The zero-order valence-electron chi connectivity index (χ0n) is 12.9. The minimum Gasteiger partial charge on any atom is -0.425 e. The zero-order valence-corrected chi connectivity index (χ0v) is 14.4. The SMILES string of the molecule is CCC(NC(=O)Nc1cc(Cl)cc(Cl)c1)C(=O)Oc1ccccc1. The number of carbonyl (C=O) groups excluding carboxylic acids is 2. The van der Waals surface area contributed by atoms with Gasteiger partial charge in [0, 0.05) is 15.7 Å². The first-order valence-corrected chi connectivity index (χ1v) is 8.04. The number of esters is 1. The largest absolute Gasteiger partial charge is 0.425 e. The lowest BCUT2D eigenvalue weighted by atomic mass is 10.2. The second-order valence-corrected chi connectivity index (χ2v) is 5.82. The molecule has 0 heterocycles. The maximum absolute atomic E-state index is 12.1. The number of urea groups is 1. The minimum absolute atomic E-state index is 0.384. The normalized spacial score (nSPS) is 11.5. The van der Waals surface area contributed by atoms with Gasteiger partial charge in [-0.15, -0.1) is 0 Å². The van der Waals surface area contributed by atoms with Crippen LogP contribution in [0.3, 0.4) is 0 Å². The highest BCUT2D eigenvalue weighted by Crippen LogP contribution is 2.22. The molecular weight excluding hydrogens is 351 g/mol. The average Bonchev–Trinajstić information content (AvgIpc) is 2.52. The van der Waals surface area contributed by atoms with Crippen LogP contribution in [-0.2, 0) is 4.79 Å². The van der Waals surface area contributed by atoms with Crippen LogP contribution in [0.25, 0.3) is 0 Å². The standard InChI is InChI=1S/C17H16Cl2N2O3/c1-2-15(16(22)24-14-6-4-3-5-7-14)21-17(23)20-13-9-11(18)8-12(19)10-13/h3-10,15H,2H2,1H3,(H2,20,21,23). The van der Waals surface area contributed by atoms with Crippen molar-refractivity contribution >= 4 is 40.9 Å². The summed E-state index contributed by atoms with van der Waals surface area (Å²) in [4.78, 5) is 24.2. The summed E-state index contributed by atoms with van der Waals surface area (Å²) in [6.07, 6.45) is 0.384. The van der Waals surface area contributed by atoms with Gasteiger partial charge in [0.1, 0.15) is 11.8 Å². The summed E-state index contributed by atoms with van der Waals surface area (Å²) in [5, 5.41) is 5.94. The number of anilines is 1. The molecule has 0 spiro atoms. The number of rotatable bonds is 5. The monoisotopic (exact) mass is 366 g/mol. The number of nitrogens with one attached hydrogen (secondary N) is 2. The summed E-state index contributed by atoms with van der Waals surface area (Å²) < 4.78 is 5.23. The van der Waals surface area contributed by atoms with E-state index in [9.17, 15) is 9.59 Å². The molecule has 2 aromatic carbocycles. The van der Waals surface area contributed by atoms with E-state index < -0.39 is 18.0 Å². The Kier molecular flexibility index (Phi) is 6.46. The molecule has 0 aliphatic rings. The van der Waals surface area contributed by atoms with E-state index >= 15 is 0 Å². The third-order valence-corrected chi connectivity index (χ3v) is 3.52. The first-order chi connectivity index (χ1) is 11.5. The van der Waals surface area contributed by atoms with E-state index in [2.05, 4.69) is 10.6 Å². The van der Waals surface area contributed by atoms with Gasteiger partial charge in [-0.05, 0) is 36.8 Å². The molecule has 0 aliphatic heterocycles. The molecule has 0 bridgehead atoms. The van der Waals surface area contributed by atoms with Gasteiger partial charge in [0.15, 0.2) is 0 Å². The third-order valence-electron chi connectivity index (χ3n) is 3.08. The Morgan fingerprint density at radius 3 is 2.29 bits per heavy atom. The minimum atomic E-state index is -0.778. The molecule has 0 aromatic heterocycles. The van der Waals surface area contributed by atoms with Crippen molar-refractivity contribution < 1.29 is 14.3 Å². The van der Waals surface area contributed by atoms with Gasteiger partial charge in [0.2, 0.25) is 0 Å². The first-order valence-electron chi connectivity index (χ1n) is 7.28. The molecule has 2 aromatic rings. The Hall–Kier alpha value is -2.24. The molecule has 0 saturated heterocycles. The Morgan fingerprint density at radius 2 is 1.71 bits per heavy atom. The van der Waals surface area contributed by atoms with E-state index in [1.165, 1.54) is 0 Å². The van der Waals surface area contributed by atoms with Crippen molar-refractivity contribution in [2.75, 3.05) is 5.32 Å². The number of benzene rings is 2. The van der Waals surface area contributed by atoms with Crippen molar-refractivity contribution in [1.29, 1.82) is 0 Å². The maximum Gasteiger partial charge on any atom is 0.334 e. The van der Waals surface area contributed by atoms with E-state index in [0.29, 0.717) is 27.9 Å². The van der Waals surface area contributed by atoms with Gasteiger partial charge in [-0.3, -0.25) is 0 Å². The van der Waals surface area contributed by atoms with Gasteiger partial charge in [-0.1, -0.05) is 48.3 Å². The van der Waals surface area contributed by atoms with Gasteiger partial charge in [0.25, 0.3) is 0 Å². The Bertz CT molecular complexity index is 703. The van der Waals surface area contributed by atoms with Crippen LogP contribution in [0.15, 0.2) is 48.5 Å². The third kappa shape index (κ3) is 5.44. The molecule has 24 heavy (non-hydrogen) atoms. The summed E-state index contributed by atoms with van der Waals surface area (Å²) in [5.74, 6) is -0.118. The number of hydrogen-bond donors (Lipinski definition) is 2. The van der Waals surface area contributed by atoms with Crippen LogP contribution in [0.4, 0.5) is 10.5 Å². The lowest BCUT2D eigenvalue weighted by Gasteiger charge is -2.16. The molecule has 2 amide bonds. The summed E-state index contributed by atoms with van der Waals surface area (Å²) in [6, 6.07) is 12.0. The van der Waals surface area contributed by atoms with Gasteiger partial charge in [0.05, 0.1) is 0 Å². The summed E-state index contributed by atoms with van der Waals surface area (Å²) >= 11 is 11.8. The molecule has 2 N–H and O–H groups in total. The number of hydrogen-bond acceptors (Lipinski definition) is 3. The lowest BCUT2D eigenvalue weighted by molar-refractivity contribution is -0.136. The number of ether oxygens (including phenoxy) is 1. The molecule has 126 valence electrons. The van der Waals surface area contributed by atoms with Crippen LogP contribution < -0.4 is 15.4 Å². The van der Waals surface area contributed by atoms with Crippen LogP contribution in [0.5, 0.6) is 5.75 Å². The quantitative estimate of drug-likeness (QED) is 0.604. The van der Waals surface area contributed by atoms with Crippen molar-refractivity contribution in [2.24, 2.45) is 0 Å². The Labute approximate surface area is 149 Å². The van der Waals surface area contributed by atoms with Gasteiger partial charge < -0.3 is 15.4 Å². The molecular formula is C17H16Cl2N2O3. The molecule has 1 unspecified atom stereocenters. The molecule has 0 radical (unpaired) electrons. The van der Waals surface area contributed by atoms with Crippen LogP contribution in [0.1, 0.15) is 13.3 Å². The predicted octanol–water partition coefficient (Wildman–Crippen LogP) is 4.50. The molecule has 0 saturated carbocycles. The van der Waals surface area contributed by atoms with E-state index in [-0.39, 0.29) is 0 Å². The molecule has 2 rings (SSSR count). The zero-order chi connectivity index (χ0) is 17.5. The van der Waals surface area contributed by atoms with Crippen molar-refractivity contribution in [3.8, 4) is 5.75 Å². The summed E-state index contributed by atoms with van der Waals surface area (Å²) in [7, 11) is 0. The summed E-state index contributed by atoms with van der Waals surface area (Å²) in [6.45, 7) is 1.77. The molecule has 5 nitrogen and oxygen atoms in total. The van der Waals surface area contributed by atoms with E-state index in [1.54, 1.807) is 49.4 Å². The predicted molar refractivity (Wildman–Crippen MR) is 94.8 cm³/mol. The lowest BCUT2D eigenvalue weighted by Crippen LogP contribution is -2.44. The van der Waals surface area contributed by atoms with Gasteiger partial charge in [-0.25, -0.2) is 9.59 Å². The van der Waals surface area contributed by atoms with Crippen molar-refractivity contribution in [3.63, 3.8) is 0 Å². The topological polar surface area (TPSA) is 67.4 Å². The van der Waals surface area contributed by atoms with E-state index in [4.69, 9.17) is 27.9 Å². The van der Waals surface area contributed by atoms with Crippen LogP contribution in [0, 0.1) is 0 Å². The fourth-order valence-corrected chi connectivity index (χ4v) is 2.48. The molecule has 0 aliphatic carbocycles. The van der Waals surface area contributed by atoms with Gasteiger partial charge >= 0.3 is 12.0 Å². The smallest absolute Gasteiger partial charge is 0.334 e. The highest BCUT2D eigenvalue weighted by Gasteiger charge is 2.21. The molecule has 0 fully saturated rings. The number of amides is 2. The van der Waals surface area contributed by atoms with Crippen molar-refractivity contribution in [1.82, 2.24) is 5.32 Å². The van der Waals surface area contributed by atoms with Gasteiger partial charge in [-0.2, -0.15) is 0 Å². The average molecular weight is 367 g/mol. The van der Waals surface area contributed by atoms with E-state index in [1.807, 2.05) is 6.07 Å². The number of halogens is 2. The second kappa shape index (κ2) is 8.57. The highest BCUT2D eigenvalue weighted by molar-refractivity contribution is 6.35. The molecule has 1 atom stereocenters.